The lowest BCUT2D eigenvalue weighted by atomic mass is 9.93. The molecule has 1 N–H and O–H groups in total. The second-order valence-corrected chi connectivity index (χ2v) is 10.4. The number of halogens is 1. The summed E-state index contributed by atoms with van der Waals surface area (Å²) >= 11 is 1.70. The summed E-state index contributed by atoms with van der Waals surface area (Å²) in [7, 11) is 0. The van der Waals surface area contributed by atoms with E-state index in [1.54, 1.807) is 33.3 Å². The van der Waals surface area contributed by atoms with Crippen LogP contribution in [-0.2, 0) is 11.2 Å². The van der Waals surface area contributed by atoms with Gasteiger partial charge in [-0.2, -0.15) is 0 Å². The largest absolute Gasteiger partial charge is 0.340 e. The van der Waals surface area contributed by atoms with Crippen molar-refractivity contribution in [2.75, 3.05) is 44.6 Å². The summed E-state index contributed by atoms with van der Waals surface area (Å²) in [6, 6.07) is 13.8. The molecule has 0 radical (unpaired) electrons. The molecule has 0 bridgehead atoms. The molecule has 1 fully saturated rings. The Labute approximate surface area is 223 Å². The SMILES string of the molecule is O=C(CN1CCc2sccc2[C@@H]1c1cccc(F)c1)N1CCCN(C(=O)Nc2ccc([N+](=O)[O-])cc2)CC1. The molecule has 2 aliphatic heterocycles. The number of hydrogen-bond donors (Lipinski definition) is 1. The van der Waals surface area contributed by atoms with Crippen LogP contribution in [0, 0.1) is 15.9 Å². The molecule has 0 spiro atoms. The van der Waals surface area contributed by atoms with Gasteiger partial charge in [-0.3, -0.25) is 19.8 Å². The maximum Gasteiger partial charge on any atom is 0.321 e. The summed E-state index contributed by atoms with van der Waals surface area (Å²) in [5.41, 5.74) is 2.39. The maximum atomic E-state index is 14.1. The Morgan fingerprint density at radius 1 is 1.03 bits per heavy atom. The molecule has 3 heterocycles. The second-order valence-electron chi connectivity index (χ2n) is 9.43. The summed E-state index contributed by atoms with van der Waals surface area (Å²) in [5.74, 6) is -0.307. The normalized spacial score (nSPS) is 18.0. The second kappa shape index (κ2) is 11.3. The van der Waals surface area contributed by atoms with Gasteiger partial charge in [0.05, 0.1) is 17.5 Å². The van der Waals surface area contributed by atoms with Crippen LogP contribution in [0.5, 0.6) is 0 Å². The molecule has 1 atom stereocenters. The van der Waals surface area contributed by atoms with Crippen molar-refractivity contribution in [1.29, 1.82) is 0 Å². The van der Waals surface area contributed by atoms with Gasteiger partial charge in [0, 0.05) is 55.4 Å². The molecule has 2 aliphatic rings. The summed E-state index contributed by atoms with van der Waals surface area (Å²) in [4.78, 5) is 43.4. The fraction of sp³-hybridized carbons (Fsp3) is 0.333. The van der Waals surface area contributed by atoms with E-state index < -0.39 is 4.92 Å². The van der Waals surface area contributed by atoms with E-state index in [0.29, 0.717) is 44.8 Å². The van der Waals surface area contributed by atoms with Gasteiger partial charge >= 0.3 is 6.03 Å². The summed E-state index contributed by atoms with van der Waals surface area (Å²) in [5, 5.41) is 15.7. The average molecular weight is 538 g/mol. The Morgan fingerprint density at radius 2 is 1.79 bits per heavy atom. The Bertz CT molecular complexity index is 1330. The van der Waals surface area contributed by atoms with Crippen molar-refractivity contribution in [3.8, 4) is 0 Å². The fourth-order valence-corrected chi connectivity index (χ4v) is 6.02. The van der Waals surface area contributed by atoms with E-state index in [4.69, 9.17) is 0 Å². The lowest BCUT2D eigenvalue weighted by molar-refractivity contribution is -0.384. The molecule has 11 heteroatoms. The number of anilines is 1. The molecule has 0 aliphatic carbocycles. The van der Waals surface area contributed by atoms with Gasteiger partial charge < -0.3 is 15.1 Å². The first kappa shape index (κ1) is 25.8. The number of benzene rings is 2. The van der Waals surface area contributed by atoms with Crippen LogP contribution in [0.1, 0.15) is 28.5 Å². The molecule has 9 nitrogen and oxygen atoms in total. The lowest BCUT2D eigenvalue weighted by Gasteiger charge is -2.37. The number of fused-ring (bicyclic) bond motifs is 1. The monoisotopic (exact) mass is 537 g/mol. The molecule has 0 unspecified atom stereocenters. The van der Waals surface area contributed by atoms with E-state index >= 15 is 0 Å². The Morgan fingerprint density at radius 3 is 2.55 bits per heavy atom. The van der Waals surface area contributed by atoms with Gasteiger partial charge in [0.1, 0.15) is 5.82 Å². The number of urea groups is 1. The Hall–Kier alpha value is -3.83. The highest BCUT2D eigenvalue weighted by atomic mass is 32.1. The number of thiophene rings is 1. The number of nitro benzene ring substituents is 1. The van der Waals surface area contributed by atoms with Crippen molar-refractivity contribution in [3.63, 3.8) is 0 Å². The number of carbonyl (C=O) groups excluding carboxylic acids is 2. The van der Waals surface area contributed by atoms with Crippen LogP contribution in [0.3, 0.4) is 0 Å². The van der Waals surface area contributed by atoms with Crippen molar-refractivity contribution in [2.45, 2.75) is 18.9 Å². The average Bonchev–Trinajstić information content (AvgIpc) is 3.24. The van der Waals surface area contributed by atoms with Crippen LogP contribution in [0.15, 0.2) is 60.0 Å². The number of nitro groups is 1. The Balaban J connectivity index is 1.21. The molecule has 2 aromatic carbocycles. The molecule has 3 amide bonds. The first-order valence-electron chi connectivity index (χ1n) is 12.5. The van der Waals surface area contributed by atoms with Crippen LogP contribution in [-0.4, -0.2) is 70.8 Å². The summed E-state index contributed by atoms with van der Waals surface area (Å²) < 4.78 is 14.1. The topological polar surface area (TPSA) is 99.0 Å². The van der Waals surface area contributed by atoms with Gasteiger partial charge in [-0.1, -0.05) is 12.1 Å². The zero-order valence-corrected chi connectivity index (χ0v) is 21.5. The Kier molecular flexibility index (Phi) is 7.66. The summed E-state index contributed by atoms with van der Waals surface area (Å²) in [6.45, 7) is 2.75. The van der Waals surface area contributed by atoms with E-state index in [9.17, 15) is 24.1 Å². The number of carbonyl (C=O) groups is 2. The molecule has 38 heavy (non-hydrogen) atoms. The predicted molar refractivity (Wildman–Crippen MR) is 143 cm³/mol. The third-order valence-corrected chi connectivity index (χ3v) is 8.03. The lowest BCUT2D eigenvalue weighted by Crippen LogP contribution is -2.45. The maximum absolute atomic E-state index is 14.1. The van der Waals surface area contributed by atoms with Crippen LogP contribution in [0.25, 0.3) is 0 Å². The van der Waals surface area contributed by atoms with Gasteiger partial charge in [0.2, 0.25) is 5.91 Å². The first-order chi connectivity index (χ1) is 18.4. The fourth-order valence-electron chi connectivity index (χ4n) is 5.12. The predicted octanol–water partition coefficient (Wildman–Crippen LogP) is 4.51. The molecule has 1 saturated heterocycles. The van der Waals surface area contributed by atoms with E-state index in [2.05, 4.69) is 16.3 Å². The van der Waals surface area contributed by atoms with Gasteiger partial charge in [0.25, 0.3) is 5.69 Å². The summed E-state index contributed by atoms with van der Waals surface area (Å²) in [6.07, 6.45) is 1.49. The standard InChI is InChI=1S/C27H28FN5O4S/c28-20-4-1-3-19(17-20)26-23-10-16-38-24(23)9-13-32(26)18-25(34)30-11-2-12-31(15-14-30)27(35)29-21-5-7-22(8-6-21)33(36)37/h1,3-8,10,16-17,26H,2,9,11-15,18H2,(H,29,35)/t26-/m0/s1. The van der Waals surface area contributed by atoms with Gasteiger partial charge in [0.15, 0.2) is 0 Å². The number of nitrogens with one attached hydrogen (secondary N) is 1. The first-order valence-corrected chi connectivity index (χ1v) is 13.4. The third kappa shape index (κ3) is 5.68. The highest BCUT2D eigenvalue weighted by molar-refractivity contribution is 7.10. The van der Waals surface area contributed by atoms with Crippen LogP contribution in [0.2, 0.25) is 0 Å². The molecule has 1 aromatic heterocycles. The van der Waals surface area contributed by atoms with Crippen LogP contribution >= 0.6 is 11.3 Å². The highest BCUT2D eigenvalue weighted by Gasteiger charge is 2.32. The van der Waals surface area contributed by atoms with E-state index in [1.165, 1.54) is 35.2 Å². The minimum absolute atomic E-state index is 0.0114. The number of nitrogens with zero attached hydrogens (tertiary/aromatic N) is 4. The molecule has 3 aromatic rings. The number of non-ortho nitro benzene ring substituents is 1. The zero-order valence-electron chi connectivity index (χ0n) is 20.7. The number of hydrogen-bond acceptors (Lipinski definition) is 6. The van der Waals surface area contributed by atoms with Gasteiger partial charge in [-0.25, -0.2) is 9.18 Å². The van der Waals surface area contributed by atoms with E-state index in [-0.39, 0.29) is 36.0 Å². The van der Waals surface area contributed by atoms with E-state index in [0.717, 1.165) is 17.5 Å². The number of rotatable bonds is 5. The minimum Gasteiger partial charge on any atom is -0.340 e. The van der Waals surface area contributed by atoms with Crippen molar-refractivity contribution in [2.24, 2.45) is 0 Å². The molecule has 198 valence electrons. The molecular formula is C27H28FN5O4S. The van der Waals surface area contributed by atoms with Crippen molar-refractivity contribution >= 4 is 34.6 Å². The van der Waals surface area contributed by atoms with Crippen molar-refractivity contribution < 1.29 is 18.9 Å². The molecule has 0 saturated carbocycles. The third-order valence-electron chi connectivity index (χ3n) is 7.03. The van der Waals surface area contributed by atoms with Crippen molar-refractivity contribution in [3.05, 3.63) is 91.9 Å². The van der Waals surface area contributed by atoms with Crippen molar-refractivity contribution in [1.82, 2.24) is 14.7 Å². The zero-order chi connectivity index (χ0) is 26.6. The highest BCUT2D eigenvalue weighted by Crippen LogP contribution is 2.37. The van der Waals surface area contributed by atoms with E-state index in [1.807, 2.05) is 11.4 Å². The van der Waals surface area contributed by atoms with Gasteiger partial charge in [-0.05, 0) is 59.7 Å². The molecular weight excluding hydrogens is 509 g/mol. The minimum atomic E-state index is -0.491. The van der Waals surface area contributed by atoms with Gasteiger partial charge in [-0.15, -0.1) is 11.3 Å². The van der Waals surface area contributed by atoms with Crippen LogP contribution < -0.4 is 5.32 Å². The number of amides is 3. The quantitative estimate of drug-likeness (QED) is 0.382. The molecule has 5 rings (SSSR count). The van der Waals surface area contributed by atoms with Crippen LogP contribution in [0.4, 0.5) is 20.6 Å². The smallest absolute Gasteiger partial charge is 0.321 e.